The molecule has 1 aliphatic heterocycles. The van der Waals surface area contributed by atoms with Crippen LogP contribution in [0.5, 0.6) is 0 Å². The van der Waals surface area contributed by atoms with E-state index in [0.717, 1.165) is 10.8 Å². The third-order valence-electron chi connectivity index (χ3n) is 5.90. The van der Waals surface area contributed by atoms with E-state index in [2.05, 4.69) is 5.32 Å². The molecular formula is C26H25Cl2N3O3. The van der Waals surface area contributed by atoms with Gasteiger partial charge in [-0.2, -0.15) is 0 Å². The highest BCUT2D eigenvalue weighted by Crippen LogP contribution is 2.37. The summed E-state index contributed by atoms with van der Waals surface area (Å²) in [5.41, 5.74) is 1.91. The Hall–Kier alpha value is -3.09. The molecule has 0 fully saturated rings. The van der Waals surface area contributed by atoms with Gasteiger partial charge in [0.2, 0.25) is 11.8 Å². The second kappa shape index (κ2) is 9.65. The zero-order chi connectivity index (χ0) is 24.6. The molecule has 0 saturated heterocycles. The molecule has 3 aromatic carbocycles. The molecule has 4 rings (SSSR count). The fourth-order valence-electron chi connectivity index (χ4n) is 4.18. The van der Waals surface area contributed by atoms with Crippen molar-refractivity contribution in [2.75, 3.05) is 11.4 Å². The maximum Gasteiger partial charge on any atom is 0.259 e. The summed E-state index contributed by atoms with van der Waals surface area (Å²) >= 11 is 12.4. The van der Waals surface area contributed by atoms with Crippen molar-refractivity contribution in [2.24, 2.45) is 0 Å². The van der Waals surface area contributed by atoms with E-state index in [4.69, 9.17) is 23.2 Å². The Morgan fingerprint density at radius 1 is 1.03 bits per heavy atom. The van der Waals surface area contributed by atoms with Gasteiger partial charge in [-0.15, -0.1) is 0 Å². The standard InChI is InChI=1S/C26H25Cl2N3O3/c1-15(2)29-25(33)16(3)30(13-18-10-11-19(27)12-21(18)28)23(32)14-31-22-9-5-7-17-6-4-8-20(24(17)22)26(31)34/h4-12,15-16H,13-14H2,1-3H3,(H,29,33)/t16-/m1/s1. The number of benzene rings is 3. The highest BCUT2D eigenvalue weighted by atomic mass is 35.5. The van der Waals surface area contributed by atoms with Crippen LogP contribution in [0, 0.1) is 0 Å². The van der Waals surface area contributed by atoms with Crippen LogP contribution in [0.2, 0.25) is 10.0 Å². The number of rotatable bonds is 7. The third-order valence-corrected chi connectivity index (χ3v) is 6.48. The smallest absolute Gasteiger partial charge is 0.259 e. The first-order chi connectivity index (χ1) is 16.2. The summed E-state index contributed by atoms with van der Waals surface area (Å²) < 4.78 is 0. The Morgan fingerprint density at radius 3 is 2.41 bits per heavy atom. The number of amides is 3. The van der Waals surface area contributed by atoms with Gasteiger partial charge in [-0.3, -0.25) is 19.3 Å². The number of carbonyl (C=O) groups is 3. The number of halogens is 2. The van der Waals surface area contributed by atoms with Crippen molar-refractivity contribution in [3.8, 4) is 0 Å². The molecule has 6 nitrogen and oxygen atoms in total. The lowest BCUT2D eigenvalue weighted by molar-refractivity contribution is -0.139. The van der Waals surface area contributed by atoms with E-state index in [1.54, 1.807) is 31.2 Å². The van der Waals surface area contributed by atoms with Crippen molar-refractivity contribution in [3.63, 3.8) is 0 Å². The Morgan fingerprint density at radius 2 is 1.74 bits per heavy atom. The molecule has 176 valence electrons. The van der Waals surface area contributed by atoms with Crippen molar-refractivity contribution in [3.05, 3.63) is 75.8 Å². The van der Waals surface area contributed by atoms with Crippen molar-refractivity contribution in [1.82, 2.24) is 10.2 Å². The SMILES string of the molecule is CC(C)NC(=O)[C@@H](C)N(Cc1ccc(Cl)cc1Cl)C(=O)CN1C(=O)c2cccc3cccc1c23. The Bertz CT molecular complexity index is 1290. The number of nitrogens with zero attached hydrogens (tertiary/aromatic N) is 2. The molecular weight excluding hydrogens is 473 g/mol. The van der Waals surface area contributed by atoms with Crippen molar-refractivity contribution in [1.29, 1.82) is 0 Å². The molecule has 0 radical (unpaired) electrons. The van der Waals surface area contributed by atoms with Crippen LogP contribution in [0.3, 0.4) is 0 Å². The summed E-state index contributed by atoms with van der Waals surface area (Å²) in [4.78, 5) is 42.5. The fourth-order valence-corrected chi connectivity index (χ4v) is 4.65. The summed E-state index contributed by atoms with van der Waals surface area (Å²) in [7, 11) is 0. The fraction of sp³-hybridized carbons (Fsp3) is 0.269. The van der Waals surface area contributed by atoms with Crippen LogP contribution in [-0.2, 0) is 16.1 Å². The Labute approximate surface area is 208 Å². The number of hydrogen-bond donors (Lipinski definition) is 1. The van der Waals surface area contributed by atoms with Crippen LogP contribution in [0.4, 0.5) is 5.69 Å². The minimum Gasteiger partial charge on any atom is -0.352 e. The van der Waals surface area contributed by atoms with Crippen LogP contribution in [0.25, 0.3) is 10.8 Å². The third kappa shape index (κ3) is 4.61. The van der Waals surface area contributed by atoms with E-state index in [0.29, 0.717) is 26.9 Å². The number of nitrogens with one attached hydrogen (secondary N) is 1. The van der Waals surface area contributed by atoms with Gasteiger partial charge < -0.3 is 10.2 Å². The summed E-state index contributed by atoms with van der Waals surface area (Å²) in [5.74, 6) is -0.883. The van der Waals surface area contributed by atoms with Crippen LogP contribution >= 0.6 is 23.2 Å². The molecule has 0 unspecified atom stereocenters. The summed E-state index contributed by atoms with van der Waals surface area (Å²) in [6, 6.07) is 15.3. The normalized spacial score (nSPS) is 13.5. The minimum absolute atomic E-state index is 0.0849. The maximum absolute atomic E-state index is 13.6. The molecule has 3 aromatic rings. The molecule has 1 N–H and O–H groups in total. The van der Waals surface area contributed by atoms with Gasteiger partial charge >= 0.3 is 0 Å². The number of hydrogen-bond acceptors (Lipinski definition) is 3. The molecule has 0 saturated carbocycles. The molecule has 3 amide bonds. The second-order valence-electron chi connectivity index (χ2n) is 8.67. The zero-order valence-corrected chi connectivity index (χ0v) is 20.7. The molecule has 0 spiro atoms. The van der Waals surface area contributed by atoms with Crippen molar-refractivity contribution >= 4 is 57.4 Å². The molecule has 1 heterocycles. The van der Waals surface area contributed by atoms with Gasteiger partial charge in [0.1, 0.15) is 12.6 Å². The topological polar surface area (TPSA) is 69.7 Å². The summed E-state index contributed by atoms with van der Waals surface area (Å²) in [5, 5.41) is 5.50. The largest absolute Gasteiger partial charge is 0.352 e. The number of anilines is 1. The van der Waals surface area contributed by atoms with Gasteiger partial charge in [-0.1, -0.05) is 53.5 Å². The molecule has 0 bridgehead atoms. The van der Waals surface area contributed by atoms with E-state index in [1.807, 2.05) is 44.2 Å². The van der Waals surface area contributed by atoms with Gasteiger partial charge in [0.15, 0.2) is 0 Å². The second-order valence-corrected chi connectivity index (χ2v) is 9.51. The van der Waals surface area contributed by atoms with Gasteiger partial charge in [0.25, 0.3) is 5.91 Å². The highest BCUT2D eigenvalue weighted by Gasteiger charge is 2.34. The van der Waals surface area contributed by atoms with Crippen LogP contribution in [0.15, 0.2) is 54.6 Å². The van der Waals surface area contributed by atoms with E-state index in [9.17, 15) is 14.4 Å². The minimum atomic E-state index is -0.780. The zero-order valence-electron chi connectivity index (χ0n) is 19.1. The highest BCUT2D eigenvalue weighted by molar-refractivity contribution is 6.35. The van der Waals surface area contributed by atoms with E-state index in [-0.39, 0.29) is 36.9 Å². The van der Waals surface area contributed by atoms with E-state index < -0.39 is 6.04 Å². The molecule has 0 aromatic heterocycles. The van der Waals surface area contributed by atoms with Crippen molar-refractivity contribution < 1.29 is 14.4 Å². The lowest BCUT2D eigenvalue weighted by atomic mass is 10.1. The summed E-state index contributed by atoms with van der Waals surface area (Å²) in [6.07, 6.45) is 0. The average Bonchev–Trinajstić information content (AvgIpc) is 3.05. The van der Waals surface area contributed by atoms with Gasteiger partial charge in [-0.25, -0.2) is 0 Å². The Kier molecular flexibility index (Phi) is 6.82. The predicted molar refractivity (Wildman–Crippen MR) is 135 cm³/mol. The molecule has 1 aliphatic rings. The lowest BCUT2D eigenvalue weighted by Gasteiger charge is -2.31. The molecule has 8 heteroatoms. The van der Waals surface area contributed by atoms with Crippen molar-refractivity contribution in [2.45, 2.75) is 39.4 Å². The number of carbonyl (C=O) groups excluding carboxylic acids is 3. The van der Waals surface area contributed by atoms with Gasteiger partial charge in [0.05, 0.1) is 5.69 Å². The Balaban J connectivity index is 1.65. The first-order valence-electron chi connectivity index (χ1n) is 11.0. The van der Waals surface area contributed by atoms with E-state index in [1.165, 1.54) is 9.80 Å². The first kappa shape index (κ1) is 24.0. The molecule has 1 atom stereocenters. The monoisotopic (exact) mass is 497 g/mol. The lowest BCUT2D eigenvalue weighted by Crippen LogP contribution is -2.51. The predicted octanol–water partition coefficient (Wildman–Crippen LogP) is 5.05. The quantitative estimate of drug-likeness (QED) is 0.496. The average molecular weight is 498 g/mol. The van der Waals surface area contributed by atoms with Gasteiger partial charge in [-0.05, 0) is 56.0 Å². The van der Waals surface area contributed by atoms with E-state index >= 15 is 0 Å². The first-order valence-corrected chi connectivity index (χ1v) is 11.8. The molecule has 0 aliphatic carbocycles. The van der Waals surface area contributed by atoms with Gasteiger partial charge in [0, 0.05) is 33.6 Å². The maximum atomic E-state index is 13.6. The summed E-state index contributed by atoms with van der Waals surface area (Å²) in [6.45, 7) is 5.28. The van der Waals surface area contributed by atoms with Crippen LogP contribution in [-0.4, -0.2) is 41.2 Å². The van der Waals surface area contributed by atoms with Crippen LogP contribution in [0.1, 0.15) is 36.7 Å². The molecule has 34 heavy (non-hydrogen) atoms. The van der Waals surface area contributed by atoms with Crippen LogP contribution < -0.4 is 10.2 Å².